The lowest BCUT2D eigenvalue weighted by atomic mass is 9.84. The van der Waals surface area contributed by atoms with Crippen LogP contribution in [0.2, 0.25) is 0 Å². The third kappa shape index (κ3) is 2.15. The fraction of sp³-hybridized carbons (Fsp3) is 0.300. The molecule has 4 rings (SSSR count). The van der Waals surface area contributed by atoms with E-state index in [0.29, 0.717) is 0 Å². The van der Waals surface area contributed by atoms with Crippen molar-refractivity contribution in [3.8, 4) is 16.9 Å². The number of fused-ring (bicyclic) bond motifs is 5. The van der Waals surface area contributed by atoms with Crippen LogP contribution in [0.15, 0.2) is 42.5 Å². The molecule has 3 nitrogen and oxygen atoms in total. The molecule has 2 aromatic carbocycles. The van der Waals surface area contributed by atoms with Crippen LogP contribution in [-0.4, -0.2) is 12.6 Å². The van der Waals surface area contributed by atoms with Crippen LogP contribution in [0.1, 0.15) is 38.2 Å². The van der Waals surface area contributed by atoms with Gasteiger partial charge in [-0.25, -0.2) is 0 Å². The number of anilines is 1. The lowest BCUT2D eigenvalue weighted by Gasteiger charge is -2.36. The Morgan fingerprint density at radius 3 is 2.65 bits per heavy atom. The molecular weight excluding hydrogens is 286 g/mol. The maximum atomic E-state index is 6.10. The lowest BCUT2D eigenvalue weighted by Crippen LogP contribution is -2.32. The molecule has 0 saturated heterocycles. The summed E-state index contributed by atoms with van der Waals surface area (Å²) in [6.07, 6.45) is 1.88. The lowest BCUT2D eigenvalue weighted by molar-refractivity contribution is -0.0579. The highest BCUT2D eigenvalue weighted by molar-refractivity contribution is 5.89. The van der Waals surface area contributed by atoms with Crippen molar-refractivity contribution in [2.75, 3.05) is 12.4 Å². The van der Waals surface area contributed by atoms with Crippen molar-refractivity contribution in [2.24, 2.45) is 0 Å². The molecule has 0 radical (unpaired) electrons. The Hall–Kier alpha value is -2.26. The number of para-hydroxylation sites is 1. The fourth-order valence-electron chi connectivity index (χ4n) is 3.76. The minimum absolute atomic E-state index is 0.0542. The molecule has 1 unspecified atom stereocenters. The molecular formula is C20H21NO2. The normalized spacial score (nSPS) is 20.3. The van der Waals surface area contributed by atoms with Gasteiger partial charge in [-0.1, -0.05) is 30.3 Å². The molecule has 0 aromatic heterocycles. The maximum Gasteiger partial charge on any atom is 0.227 e. The van der Waals surface area contributed by atoms with Crippen LogP contribution in [-0.2, 0) is 4.74 Å². The van der Waals surface area contributed by atoms with E-state index in [1.54, 1.807) is 7.11 Å². The minimum atomic E-state index is -0.388. The van der Waals surface area contributed by atoms with Gasteiger partial charge in [-0.3, -0.25) is 0 Å². The molecule has 0 saturated carbocycles. The molecule has 23 heavy (non-hydrogen) atoms. The fourth-order valence-corrected chi connectivity index (χ4v) is 3.76. The molecule has 1 N–H and O–H groups in total. The Morgan fingerprint density at radius 2 is 1.87 bits per heavy atom. The Labute approximate surface area is 136 Å². The standard InChI is InChI=1S/C20H21NO2/c1-12-11-20(2,3)21-15-10-9-14-13-7-5-6-8-16(13)23-19(22-4)18(14)17(12)15/h5-11,19,21H,1-4H3. The first-order valence-corrected chi connectivity index (χ1v) is 7.94. The zero-order chi connectivity index (χ0) is 16.2. The van der Waals surface area contributed by atoms with Gasteiger partial charge in [0.25, 0.3) is 0 Å². The number of allylic oxidation sites excluding steroid dienone is 1. The van der Waals surface area contributed by atoms with E-state index < -0.39 is 0 Å². The van der Waals surface area contributed by atoms with Crippen LogP contribution < -0.4 is 10.1 Å². The summed E-state index contributed by atoms with van der Waals surface area (Å²) in [6, 6.07) is 12.5. The number of hydrogen-bond donors (Lipinski definition) is 1. The van der Waals surface area contributed by atoms with Crippen LogP contribution in [0, 0.1) is 0 Å². The van der Waals surface area contributed by atoms with E-state index in [1.165, 1.54) is 16.7 Å². The van der Waals surface area contributed by atoms with Crippen LogP contribution >= 0.6 is 0 Å². The zero-order valence-corrected chi connectivity index (χ0v) is 13.9. The summed E-state index contributed by atoms with van der Waals surface area (Å²) < 4.78 is 11.8. The van der Waals surface area contributed by atoms with Gasteiger partial charge in [0.05, 0.1) is 5.54 Å². The van der Waals surface area contributed by atoms with Gasteiger partial charge in [-0.15, -0.1) is 0 Å². The van der Waals surface area contributed by atoms with Crippen LogP contribution in [0.25, 0.3) is 16.7 Å². The molecule has 0 fully saturated rings. The highest BCUT2D eigenvalue weighted by Crippen LogP contribution is 2.48. The quantitative estimate of drug-likeness (QED) is 0.804. The molecule has 0 aliphatic carbocycles. The smallest absolute Gasteiger partial charge is 0.227 e. The van der Waals surface area contributed by atoms with Gasteiger partial charge in [0.2, 0.25) is 6.29 Å². The molecule has 2 aliphatic heterocycles. The number of rotatable bonds is 1. The number of benzene rings is 2. The van der Waals surface area contributed by atoms with Crippen molar-refractivity contribution >= 4 is 11.3 Å². The van der Waals surface area contributed by atoms with Crippen molar-refractivity contribution in [3.05, 3.63) is 53.6 Å². The first-order valence-electron chi connectivity index (χ1n) is 7.94. The molecule has 118 valence electrons. The summed E-state index contributed by atoms with van der Waals surface area (Å²) in [7, 11) is 1.70. The van der Waals surface area contributed by atoms with Gasteiger partial charge in [0, 0.05) is 29.5 Å². The topological polar surface area (TPSA) is 30.5 Å². The van der Waals surface area contributed by atoms with E-state index in [0.717, 1.165) is 22.6 Å². The second-order valence-corrected chi connectivity index (χ2v) is 6.81. The SMILES string of the molecule is COC1Oc2ccccc2-c2ccc3c(c21)C(C)=CC(C)(C)N3. The number of methoxy groups -OCH3 is 1. The summed E-state index contributed by atoms with van der Waals surface area (Å²) in [6.45, 7) is 6.52. The van der Waals surface area contributed by atoms with Crippen molar-refractivity contribution in [3.63, 3.8) is 0 Å². The molecule has 2 heterocycles. The summed E-state index contributed by atoms with van der Waals surface area (Å²) in [4.78, 5) is 0. The zero-order valence-electron chi connectivity index (χ0n) is 13.9. The van der Waals surface area contributed by atoms with Crippen molar-refractivity contribution in [1.82, 2.24) is 0 Å². The highest BCUT2D eigenvalue weighted by Gasteiger charge is 2.33. The van der Waals surface area contributed by atoms with E-state index in [1.807, 2.05) is 18.2 Å². The predicted molar refractivity (Wildman–Crippen MR) is 93.6 cm³/mol. The van der Waals surface area contributed by atoms with Crippen molar-refractivity contribution < 1.29 is 9.47 Å². The Morgan fingerprint density at radius 1 is 1.09 bits per heavy atom. The first kappa shape index (κ1) is 14.3. The van der Waals surface area contributed by atoms with Gasteiger partial charge >= 0.3 is 0 Å². The molecule has 1 atom stereocenters. The van der Waals surface area contributed by atoms with E-state index in [-0.39, 0.29) is 11.8 Å². The second-order valence-electron chi connectivity index (χ2n) is 6.81. The molecule has 0 bridgehead atoms. The van der Waals surface area contributed by atoms with Crippen LogP contribution in [0.5, 0.6) is 5.75 Å². The third-order valence-corrected chi connectivity index (χ3v) is 4.54. The molecule has 2 aromatic rings. The number of hydrogen-bond acceptors (Lipinski definition) is 3. The largest absolute Gasteiger partial charge is 0.460 e. The summed E-state index contributed by atoms with van der Waals surface area (Å²) in [5, 5.41) is 3.60. The molecule has 0 amide bonds. The Bertz CT molecular complexity index is 820. The minimum Gasteiger partial charge on any atom is -0.460 e. The van der Waals surface area contributed by atoms with Gasteiger partial charge in [0.15, 0.2) is 0 Å². The number of ether oxygens (including phenoxy) is 2. The van der Waals surface area contributed by atoms with Crippen LogP contribution in [0.3, 0.4) is 0 Å². The van der Waals surface area contributed by atoms with Gasteiger partial charge in [-0.2, -0.15) is 0 Å². The summed E-state index contributed by atoms with van der Waals surface area (Å²) >= 11 is 0. The monoisotopic (exact) mass is 307 g/mol. The molecule has 3 heteroatoms. The average Bonchev–Trinajstić information content (AvgIpc) is 2.52. The number of nitrogens with one attached hydrogen (secondary N) is 1. The average molecular weight is 307 g/mol. The Kier molecular flexibility index (Phi) is 3.03. The van der Waals surface area contributed by atoms with E-state index >= 15 is 0 Å². The van der Waals surface area contributed by atoms with Crippen molar-refractivity contribution in [1.29, 1.82) is 0 Å². The van der Waals surface area contributed by atoms with Gasteiger partial charge in [0.1, 0.15) is 5.75 Å². The predicted octanol–water partition coefficient (Wildman–Crippen LogP) is 5.00. The maximum absolute atomic E-state index is 6.10. The summed E-state index contributed by atoms with van der Waals surface area (Å²) in [5.41, 5.74) is 6.96. The molecule has 2 aliphatic rings. The molecule has 0 spiro atoms. The summed E-state index contributed by atoms with van der Waals surface area (Å²) in [5.74, 6) is 0.873. The van der Waals surface area contributed by atoms with Crippen molar-refractivity contribution in [2.45, 2.75) is 32.6 Å². The first-order chi connectivity index (χ1) is 11.0. The van der Waals surface area contributed by atoms with Crippen LogP contribution in [0.4, 0.5) is 5.69 Å². The van der Waals surface area contributed by atoms with E-state index in [9.17, 15) is 0 Å². The van der Waals surface area contributed by atoms with E-state index in [2.05, 4.69) is 50.4 Å². The third-order valence-electron chi connectivity index (χ3n) is 4.54. The Balaban J connectivity index is 2.01. The second kappa shape index (κ2) is 4.87. The van der Waals surface area contributed by atoms with E-state index in [4.69, 9.17) is 9.47 Å². The van der Waals surface area contributed by atoms with Gasteiger partial charge in [-0.05, 0) is 44.0 Å². The van der Waals surface area contributed by atoms with Gasteiger partial charge < -0.3 is 14.8 Å². The highest BCUT2D eigenvalue weighted by atomic mass is 16.7.